The maximum absolute atomic E-state index is 11.8. The largest absolute Gasteiger partial charge is 0.384 e. The molecule has 0 aromatic heterocycles. The lowest BCUT2D eigenvalue weighted by Crippen LogP contribution is -2.39. The van der Waals surface area contributed by atoms with Crippen LogP contribution in [0.4, 0.5) is 0 Å². The normalized spacial score (nSPS) is 17.9. The highest BCUT2D eigenvalue weighted by Gasteiger charge is 2.14. The van der Waals surface area contributed by atoms with Gasteiger partial charge in [-0.25, -0.2) is 0 Å². The van der Waals surface area contributed by atoms with Gasteiger partial charge in [0, 0.05) is 6.54 Å². The van der Waals surface area contributed by atoms with Gasteiger partial charge >= 0.3 is 0 Å². The lowest BCUT2D eigenvalue weighted by Gasteiger charge is -2.17. The highest BCUT2D eigenvalue weighted by atomic mass is 16.2. The van der Waals surface area contributed by atoms with Crippen LogP contribution in [0.5, 0.6) is 0 Å². The summed E-state index contributed by atoms with van der Waals surface area (Å²) in [7, 11) is 0. The van der Waals surface area contributed by atoms with Crippen molar-refractivity contribution in [3.8, 4) is 0 Å². The van der Waals surface area contributed by atoms with Gasteiger partial charge in [0.2, 0.25) is 5.91 Å². The van der Waals surface area contributed by atoms with Gasteiger partial charge in [0.15, 0.2) is 5.96 Å². The van der Waals surface area contributed by atoms with Crippen molar-refractivity contribution in [1.29, 1.82) is 0 Å². The van der Waals surface area contributed by atoms with Crippen molar-refractivity contribution in [2.24, 2.45) is 16.5 Å². The molecule has 1 heterocycles. The zero-order valence-corrected chi connectivity index (χ0v) is 11.3. The first kappa shape index (κ1) is 15.7. The zero-order chi connectivity index (χ0) is 14.8. The van der Waals surface area contributed by atoms with Gasteiger partial charge in [0.1, 0.15) is 6.29 Å². The average molecular weight is 279 g/mol. The Kier molecular flexibility index (Phi) is 6.88. The van der Waals surface area contributed by atoms with Crippen molar-refractivity contribution >= 4 is 18.2 Å². The van der Waals surface area contributed by atoms with E-state index in [9.17, 15) is 9.59 Å². The Morgan fingerprint density at radius 3 is 2.85 bits per heavy atom. The van der Waals surface area contributed by atoms with Crippen molar-refractivity contribution in [3.05, 3.63) is 24.4 Å². The Morgan fingerprint density at radius 2 is 2.25 bits per heavy atom. The van der Waals surface area contributed by atoms with E-state index in [1.54, 1.807) is 6.20 Å². The monoisotopic (exact) mass is 279 g/mol. The summed E-state index contributed by atoms with van der Waals surface area (Å²) >= 11 is 0. The predicted molar refractivity (Wildman–Crippen MR) is 77.7 cm³/mol. The van der Waals surface area contributed by atoms with Gasteiger partial charge in [-0.3, -0.25) is 9.79 Å². The Balaban J connectivity index is 2.26. The molecule has 2 atom stereocenters. The second-order valence-electron chi connectivity index (χ2n) is 4.48. The quantitative estimate of drug-likeness (QED) is 0.200. The van der Waals surface area contributed by atoms with Crippen LogP contribution in [0.1, 0.15) is 19.3 Å². The maximum Gasteiger partial charge on any atom is 0.222 e. The molecule has 1 aliphatic rings. The summed E-state index contributed by atoms with van der Waals surface area (Å²) in [6.45, 7) is 0.445. The minimum absolute atomic E-state index is 0.0277. The molecule has 0 aliphatic carbocycles. The van der Waals surface area contributed by atoms with Crippen LogP contribution < -0.4 is 22.1 Å². The van der Waals surface area contributed by atoms with Crippen LogP contribution in [-0.2, 0) is 9.59 Å². The number of dihydropyridines is 1. The average Bonchev–Trinajstić information content (AvgIpc) is 2.43. The fourth-order valence-corrected chi connectivity index (χ4v) is 1.77. The minimum Gasteiger partial charge on any atom is -0.384 e. The third-order valence-electron chi connectivity index (χ3n) is 2.74. The van der Waals surface area contributed by atoms with Crippen LogP contribution in [0.3, 0.4) is 0 Å². The number of allylic oxidation sites excluding steroid dienone is 2. The van der Waals surface area contributed by atoms with Crippen molar-refractivity contribution in [1.82, 2.24) is 10.6 Å². The molecule has 20 heavy (non-hydrogen) atoms. The van der Waals surface area contributed by atoms with E-state index >= 15 is 0 Å². The summed E-state index contributed by atoms with van der Waals surface area (Å²) < 4.78 is 0. The number of nitrogens with two attached hydrogens (primary N) is 2. The van der Waals surface area contributed by atoms with Crippen molar-refractivity contribution < 1.29 is 9.59 Å². The van der Waals surface area contributed by atoms with E-state index in [-0.39, 0.29) is 17.9 Å². The standard InChI is InChI=1S/C13H21N5O2/c14-13(15)17-7-3-5-11(9-19)18-12(20)8-10-4-1-2-6-16-10/h1-2,4,6,9-11,16H,3,5,7-8H2,(H,18,20)(H4,14,15,17)/t10?,11-/m0/s1. The van der Waals surface area contributed by atoms with Gasteiger partial charge < -0.3 is 26.9 Å². The summed E-state index contributed by atoms with van der Waals surface area (Å²) in [6.07, 6.45) is 9.58. The fourth-order valence-electron chi connectivity index (χ4n) is 1.77. The third kappa shape index (κ3) is 6.58. The molecule has 0 fully saturated rings. The van der Waals surface area contributed by atoms with E-state index in [4.69, 9.17) is 11.5 Å². The van der Waals surface area contributed by atoms with E-state index in [0.29, 0.717) is 25.8 Å². The molecule has 1 unspecified atom stereocenters. The SMILES string of the molecule is NC(N)=NCCC[C@@H](C=O)NC(=O)CC1C=CC=CN1. The molecule has 110 valence electrons. The van der Waals surface area contributed by atoms with Crippen molar-refractivity contribution in [3.63, 3.8) is 0 Å². The van der Waals surface area contributed by atoms with Crippen LogP contribution in [0, 0.1) is 0 Å². The smallest absolute Gasteiger partial charge is 0.222 e. The molecule has 1 amide bonds. The Morgan fingerprint density at radius 1 is 1.45 bits per heavy atom. The number of aliphatic imine (C=N–C) groups is 1. The first-order valence-corrected chi connectivity index (χ1v) is 6.51. The van der Waals surface area contributed by atoms with E-state index in [2.05, 4.69) is 15.6 Å². The summed E-state index contributed by atoms with van der Waals surface area (Å²) in [4.78, 5) is 26.5. The maximum atomic E-state index is 11.8. The third-order valence-corrected chi connectivity index (χ3v) is 2.74. The topological polar surface area (TPSA) is 123 Å². The van der Waals surface area contributed by atoms with E-state index in [1.807, 2.05) is 18.2 Å². The molecule has 1 rings (SSSR count). The second kappa shape index (κ2) is 8.73. The van der Waals surface area contributed by atoms with E-state index in [1.165, 1.54) is 0 Å². The van der Waals surface area contributed by atoms with Crippen molar-refractivity contribution in [2.45, 2.75) is 31.3 Å². The van der Waals surface area contributed by atoms with Gasteiger partial charge in [-0.2, -0.15) is 0 Å². The number of amides is 1. The molecule has 7 nitrogen and oxygen atoms in total. The summed E-state index contributed by atoms with van der Waals surface area (Å²) in [6, 6.07) is -0.534. The molecule has 7 heteroatoms. The lowest BCUT2D eigenvalue weighted by atomic mass is 10.1. The molecule has 0 radical (unpaired) electrons. The first-order chi connectivity index (χ1) is 9.61. The highest BCUT2D eigenvalue weighted by Crippen LogP contribution is 2.01. The molecule has 0 saturated heterocycles. The lowest BCUT2D eigenvalue weighted by molar-refractivity contribution is -0.124. The molecular weight excluding hydrogens is 258 g/mol. The number of nitrogens with zero attached hydrogens (tertiary/aromatic N) is 1. The van der Waals surface area contributed by atoms with Crippen LogP contribution in [0.2, 0.25) is 0 Å². The van der Waals surface area contributed by atoms with Crippen LogP contribution in [-0.4, -0.2) is 36.8 Å². The number of hydrogen-bond donors (Lipinski definition) is 4. The number of rotatable bonds is 8. The second-order valence-corrected chi connectivity index (χ2v) is 4.48. The molecule has 0 aromatic carbocycles. The van der Waals surface area contributed by atoms with Gasteiger partial charge in [-0.05, 0) is 25.1 Å². The number of guanidine groups is 1. The number of carbonyl (C=O) groups excluding carboxylic acids is 2. The van der Waals surface area contributed by atoms with Crippen LogP contribution in [0.15, 0.2) is 29.4 Å². The molecule has 0 bridgehead atoms. The molecule has 1 aliphatic heterocycles. The number of aldehydes is 1. The van der Waals surface area contributed by atoms with Crippen molar-refractivity contribution in [2.75, 3.05) is 6.54 Å². The Bertz CT molecular complexity index is 413. The molecule has 0 saturated carbocycles. The van der Waals surface area contributed by atoms with Gasteiger partial charge in [-0.15, -0.1) is 0 Å². The highest BCUT2D eigenvalue weighted by molar-refractivity contribution is 5.80. The van der Waals surface area contributed by atoms with E-state index in [0.717, 1.165) is 6.29 Å². The molecular formula is C13H21N5O2. The summed E-state index contributed by atoms with van der Waals surface area (Å²) in [5, 5.41) is 5.73. The summed E-state index contributed by atoms with van der Waals surface area (Å²) in [5.41, 5.74) is 10.4. The number of nitrogens with one attached hydrogen (secondary N) is 2. The molecule has 6 N–H and O–H groups in total. The zero-order valence-electron chi connectivity index (χ0n) is 11.3. The Labute approximate surface area is 118 Å². The van der Waals surface area contributed by atoms with Crippen LogP contribution in [0.25, 0.3) is 0 Å². The minimum atomic E-state index is -0.500. The van der Waals surface area contributed by atoms with E-state index < -0.39 is 6.04 Å². The van der Waals surface area contributed by atoms with Crippen LogP contribution >= 0.6 is 0 Å². The molecule has 0 spiro atoms. The number of carbonyl (C=O) groups is 2. The fraction of sp³-hybridized carbons (Fsp3) is 0.462. The summed E-state index contributed by atoms with van der Waals surface area (Å²) in [5.74, 6) is -0.138. The first-order valence-electron chi connectivity index (χ1n) is 6.51. The van der Waals surface area contributed by atoms with Gasteiger partial charge in [0.05, 0.1) is 18.5 Å². The van der Waals surface area contributed by atoms with Gasteiger partial charge in [-0.1, -0.05) is 12.2 Å². The van der Waals surface area contributed by atoms with Gasteiger partial charge in [0.25, 0.3) is 0 Å². The number of hydrogen-bond acceptors (Lipinski definition) is 4. The molecule has 0 aromatic rings. The predicted octanol–water partition coefficient (Wildman–Crippen LogP) is -0.844. The Hall–Kier alpha value is -2.31.